The van der Waals surface area contributed by atoms with E-state index < -0.39 is 121 Å². The molecule has 0 aromatic rings. The van der Waals surface area contributed by atoms with Crippen LogP contribution in [0, 0.1) is 0 Å². The van der Waals surface area contributed by atoms with Gasteiger partial charge < -0.3 is 58.3 Å². The van der Waals surface area contributed by atoms with Gasteiger partial charge in [-0.3, -0.25) is 9.80 Å². The molecular formula is C39H58N2O12. The zero-order valence-corrected chi connectivity index (χ0v) is 31.9. The SMILES string of the molecule is CC1(C)O[C@H]2[C@H](O)[C@@H](N(CCCN([C@H]3C=C[C@H]4OC(C)(C)O[C@H]4[C@@H]3O)[C@H]3C=C[C@H]4OC(C)(C)O[C@H]4[C@@H]3O)[C@H]3C=C[C@H]4OC(C)(C)O[C@H]4[C@@H]3O)C=C[C@H]2O1. The van der Waals surface area contributed by atoms with E-state index in [2.05, 4.69) is 9.80 Å². The van der Waals surface area contributed by atoms with E-state index in [-0.39, 0.29) is 0 Å². The van der Waals surface area contributed by atoms with Gasteiger partial charge in [0.15, 0.2) is 23.1 Å². The number of aliphatic hydroxyl groups excluding tert-OH is 4. The van der Waals surface area contributed by atoms with Gasteiger partial charge in [-0.15, -0.1) is 0 Å². The highest BCUT2D eigenvalue weighted by Gasteiger charge is 2.55. The maximum atomic E-state index is 11.9. The van der Waals surface area contributed by atoms with Crippen molar-refractivity contribution in [1.29, 1.82) is 0 Å². The number of ether oxygens (including phenoxy) is 8. The molecule has 14 heteroatoms. The molecular weight excluding hydrogens is 688 g/mol. The van der Waals surface area contributed by atoms with Crippen LogP contribution in [0.2, 0.25) is 0 Å². The van der Waals surface area contributed by atoms with Crippen molar-refractivity contribution >= 4 is 0 Å². The molecule has 0 aromatic carbocycles. The second-order valence-electron chi connectivity index (χ2n) is 17.6. The minimum absolute atomic E-state index is 0.400. The molecule has 16 atom stereocenters. The Bertz CT molecular complexity index is 1280. The third-order valence-electron chi connectivity index (χ3n) is 11.8. The van der Waals surface area contributed by atoms with Crippen molar-refractivity contribution in [3.63, 3.8) is 0 Å². The van der Waals surface area contributed by atoms with Crippen molar-refractivity contribution in [1.82, 2.24) is 9.80 Å². The molecule has 4 heterocycles. The summed E-state index contributed by atoms with van der Waals surface area (Å²) >= 11 is 0. The van der Waals surface area contributed by atoms with E-state index >= 15 is 0 Å². The normalized spacial score (nSPS) is 48.3. The van der Waals surface area contributed by atoms with Crippen molar-refractivity contribution in [3.05, 3.63) is 48.6 Å². The molecule has 4 aliphatic carbocycles. The van der Waals surface area contributed by atoms with Gasteiger partial charge in [-0.25, -0.2) is 0 Å². The van der Waals surface area contributed by atoms with Gasteiger partial charge in [-0.05, 0) is 61.8 Å². The first-order valence-electron chi connectivity index (χ1n) is 19.2. The van der Waals surface area contributed by atoms with Crippen LogP contribution in [-0.4, -0.2) is 164 Å². The van der Waals surface area contributed by atoms with Crippen molar-refractivity contribution in [3.8, 4) is 0 Å². The Kier molecular flexibility index (Phi) is 9.76. The predicted molar refractivity (Wildman–Crippen MR) is 189 cm³/mol. The van der Waals surface area contributed by atoms with E-state index in [4.69, 9.17) is 37.9 Å². The number of hydrogen-bond donors (Lipinski definition) is 4. The highest BCUT2D eigenvalue weighted by Crippen LogP contribution is 2.41. The molecule has 8 rings (SSSR count). The lowest BCUT2D eigenvalue weighted by molar-refractivity contribution is -0.163. The quantitative estimate of drug-likeness (QED) is 0.263. The lowest BCUT2D eigenvalue weighted by Crippen LogP contribution is -2.62. The summed E-state index contributed by atoms with van der Waals surface area (Å²) in [6.07, 6.45) is 8.24. The van der Waals surface area contributed by atoms with E-state index in [0.717, 1.165) is 0 Å². The number of nitrogens with zero attached hydrogens (tertiary/aromatic N) is 2. The van der Waals surface area contributed by atoms with Crippen molar-refractivity contribution < 1.29 is 58.3 Å². The number of aliphatic hydroxyl groups is 4. The zero-order valence-electron chi connectivity index (χ0n) is 31.9. The molecule has 296 valence electrons. The lowest BCUT2D eigenvalue weighted by Gasteiger charge is -2.47. The Morgan fingerprint density at radius 1 is 0.377 bits per heavy atom. The first kappa shape index (κ1) is 38.3. The van der Waals surface area contributed by atoms with Crippen LogP contribution in [0.15, 0.2) is 48.6 Å². The van der Waals surface area contributed by atoms with Crippen molar-refractivity contribution in [2.24, 2.45) is 0 Å². The molecule has 0 amide bonds. The first-order valence-corrected chi connectivity index (χ1v) is 19.2. The third kappa shape index (κ3) is 7.16. The molecule has 0 radical (unpaired) electrons. The van der Waals surface area contributed by atoms with Crippen LogP contribution in [0.25, 0.3) is 0 Å². The van der Waals surface area contributed by atoms with Gasteiger partial charge in [-0.1, -0.05) is 48.6 Å². The summed E-state index contributed by atoms with van der Waals surface area (Å²) in [4.78, 5) is 4.19. The van der Waals surface area contributed by atoms with Crippen LogP contribution in [0.1, 0.15) is 61.8 Å². The highest BCUT2D eigenvalue weighted by molar-refractivity contribution is 5.22. The third-order valence-corrected chi connectivity index (χ3v) is 11.8. The molecule has 0 bridgehead atoms. The van der Waals surface area contributed by atoms with Gasteiger partial charge in [0, 0.05) is 13.1 Å². The number of fused-ring (bicyclic) bond motifs is 4. The predicted octanol–water partition coefficient (Wildman–Crippen LogP) is 1.26. The van der Waals surface area contributed by atoms with E-state index in [1.165, 1.54) is 0 Å². The smallest absolute Gasteiger partial charge is 0.164 e. The molecule has 53 heavy (non-hydrogen) atoms. The summed E-state index contributed by atoms with van der Waals surface area (Å²) in [7, 11) is 0. The van der Waals surface area contributed by atoms with Crippen LogP contribution < -0.4 is 0 Å². The van der Waals surface area contributed by atoms with E-state index in [1.807, 2.05) is 104 Å². The average molecular weight is 747 g/mol. The zero-order chi connectivity index (χ0) is 37.8. The summed E-state index contributed by atoms with van der Waals surface area (Å²) in [5.74, 6) is -3.42. The van der Waals surface area contributed by atoms with E-state index in [1.54, 1.807) is 0 Å². The van der Waals surface area contributed by atoms with Gasteiger partial charge in [0.1, 0.15) is 73.2 Å². The summed E-state index contributed by atoms with van der Waals surface area (Å²) in [6.45, 7) is 15.5. The topological polar surface area (TPSA) is 161 Å². The summed E-state index contributed by atoms with van der Waals surface area (Å²) in [5, 5.41) is 47.5. The lowest BCUT2D eigenvalue weighted by atomic mass is 9.87. The Hall–Kier alpha value is -1.60. The monoisotopic (exact) mass is 746 g/mol. The summed E-state index contributed by atoms with van der Waals surface area (Å²) < 4.78 is 49.0. The molecule has 4 saturated heterocycles. The fraction of sp³-hybridized carbons (Fsp3) is 0.795. The standard InChI is InChI=1S/C39H58N2O12/c1-36(2)46-24-14-10-20(28(42)32(24)50-36)40(21-11-15-25-33(29(21)43)51-37(3,4)47-25)18-9-19-41(22-12-16-26-34(30(22)44)52-38(5,6)48-26)23-13-17-27-35(31(23)45)53-39(7,8)49-27/h10-17,20-35,42-45H,9,18-19H2,1-8H3/t20-,21-,22-,23-,24+,25+,26+,27+,28+,29+,30+,31+,32+,33+,34+,35+/m0/s1. The first-order chi connectivity index (χ1) is 24.8. The number of hydrogen-bond acceptors (Lipinski definition) is 14. The van der Waals surface area contributed by atoms with Gasteiger partial charge in [0.2, 0.25) is 0 Å². The average Bonchev–Trinajstić information content (AvgIpc) is 3.77. The largest absolute Gasteiger partial charge is 0.388 e. The highest BCUT2D eigenvalue weighted by atomic mass is 16.8. The Morgan fingerprint density at radius 2 is 0.604 bits per heavy atom. The molecule has 4 aliphatic heterocycles. The molecule has 0 spiro atoms. The van der Waals surface area contributed by atoms with Gasteiger partial charge in [0.25, 0.3) is 0 Å². The fourth-order valence-corrected chi connectivity index (χ4v) is 9.70. The van der Waals surface area contributed by atoms with E-state index in [0.29, 0.717) is 19.5 Å². The van der Waals surface area contributed by atoms with Crippen molar-refractivity contribution in [2.45, 2.75) is 182 Å². The van der Waals surface area contributed by atoms with Crippen LogP contribution in [0.5, 0.6) is 0 Å². The van der Waals surface area contributed by atoms with Gasteiger partial charge in [0.05, 0.1) is 24.2 Å². The van der Waals surface area contributed by atoms with E-state index in [9.17, 15) is 20.4 Å². The van der Waals surface area contributed by atoms with Crippen LogP contribution in [0.4, 0.5) is 0 Å². The fourth-order valence-electron chi connectivity index (χ4n) is 9.70. The summed E-state index contributed by atoms with van der Waals surface area (Å²) in [6, 6.07) is -2.12. The maximum Gasteiger partial charge on any atom is 0.164 e. The summed E-state index contributed by atoms with van der Waals surface area (Å²) in [5.41, 5.74) is 0. The molecule has 0 aromatic heterocycles. The maximum absolute atomic E-state index is 11.9. The molecule has 4 N–H and O–H groups in total. The molecule has 14 nitrogen and oxygen atoms in total. The Balaban J connectivity index is 1.07. The van der Waals surface area contributed by atoms with Crippen LogP contribution in [0.3, 0.4) is 0 Å². The van der Waals surface area contributed by atoms with Gasteiger partial charge in [-0.2, -0.15) is 0 Å². The Morgan fingerprint density at radius 3 is 0.830 bits per heavy atom. The minimum Gasteiger partial charge on any atom is -0.388 e. The Labute approximate surface area is 311 Å². The van der Waals surface area contributed by atoms with Crippen LogP contribution in [-0.2, 0) is 37.9 Å². The molecule has 8 aliphatic rings. The molecule has 0 saturated carbocycles. The van der Waals surface area contributed by atoms with Gasteiger partial charge >= 0.3 is 0 Å². The van der Waals surface area contributed by atoms with Crippen LogP contribution >= 0.6 is 0 Å². The molecule has 0 unspecified atom stereocenters. The second-order valence-corrected chi connectivity index (χ2v) is 17.6. The van der Waals surface area contributed by atoms with Crippen molar-refractivity contribution in [2.75, 3.05) is 13.1 Å². The number of rotatable bonds is 8. The molecule has 4 fully saturated rings. The second kappa shape index (κ2) is 13.5. The minimum atomic E-state index is -0.954.